The second kappa shape index (κ2) is 6.68. The third-order valence-electron chi connectivity index (χ3n) is 2.89. The molecular weight excluding hydrogens is 259 g/mol. The van der Waals surface area contributed by atoms with Crippen LogP contribution < -0.4 is 5.32 Å². The Hall–Kier alpha value is -1.39. The monoisotopic (exact) mass is 276 g/mol. The first-order chi connectivity index (χ1) is 9.20. The quantitative estimate of drug-likeness (QED) is 0.845. The highest BCUT2D eigenvalue weighted by atomic mass is 32.2. The number of nitrogens with zero attached hydrogens (tertiary/aromatic N) is 1. The smallest absolute Gasteiger partial charge is 0.136 e. The van der Waals surface area contributed by atoms with Crippen LogP contribution in [0.3, 0.4) is 0 Å². The van der Waals surface area contributed by atoms with E-state index in [9.17, 15) is 4.39 Å². The van der Waals surface area contributed by atoms with Crippen LogP contribution in [0.4, 0.5) is 4.39 Å². The molecule has 4 heteroatoms. The van der Waals surface area contributed by atoms with Crippen molar-refractivity contribution in [1.82, 2.24) is 10.3 Å². The van der Waals surface area contributed by atoms with Gasteiger partial charge in [0.05, 0.1) is 0 Å². The molecule has 0 saturated carbocycles. The predicted molar refractivity (Wildman–Crippen MR) is 77.9 cm³/mol. The first kappa shape index (κ1) is 14.0. The van der Waals surface area contributed by atoms with Gasteiger partial charge < -0.3 is 5.32 Å². The van der Waals surface area contributed by atoms with Crippen molar-refractivity contribution in [1.29, 1.82) is 0 Å². The molecule has 2 aromatic rings. The zero-order valence-electron chi connectivity index (χ0n) is 11.1. The van der Waals surface area contributed by atoms with Crippen LogP contribution in [0.5, 0.6) is 0 Å². The molecule has 100 valence electrons. The molecule has 0 bridgehead atoms. The van der Waals surface area contributed by atoms with Gasteiger partial charge in [-0.3, -0.25) is 4.98 Å². The molecule has 2 nitrogen and oxygen atoms in total. The van der Waals surface area contributed by atoms with E-state index in [1.165, 1.54) is 17.8 Å². The van der Waals surface area contributed by atoms with Crippen molar-refractivity contribution >= 4 is 11.8 Å². The number of hydrogen-bond donors (Lipinski definition) is 1. The summed E-state index contributed by atoms with van der Waals surface area (Å²) in [5.41, 5.74) is 2.26. The third-order valence-corrected chi connectivity index (χ3v) is 4.03. The standard InChI is InChI=1S/C15H17FN2S/c1-11-7-12(9-18-8-11)14(17-2)10-19-15-6-4-3-5-13(15)16/h3-9,14,17H,10H2,1-2H3. The SMILES string of the molecule is CNC(CSc1ccccc1F)c1cncc(C)c1. The molecule has 1 unspecified atom stereocenters. The molecule has 0 saturated heterocycles. The molecule has 1 N–H and O–H groups in total. The molecular formula is C15H17FN2S. The van der Waals surface area contributed by atoms with Gasteiger partial charge in [0.25, 0.3) is 0 Å². The van der Waals surface area contributed by atoms with Gasteiger partial charge >= 0.3 is 0 Å². The molecule has 1 heterocycles. The molecule has 0 fully saturated rings. The summed E-state index contributed by atoms with van der Waals surface area (Å²) in [4.78, 5) is 4.89. The van der Waals surface area contributed by atoms with Crippen LogP contribution in [0.25, 0.3) is 0 Å². The maximum Gasteiger partial charge on any atom is 0.136 e. The molecule has 1 atom stereocenters. The largest absolute Gasteiger partial charge is 0.312 e. The molecule has 1 aromatic carbocycles. The van der Waals surface area contributed by atoms with Crippen molar-refractivity contribution in [2.24, 2.45) is 0 Å². The molecule has 19 heavy (non-hydrogen) atoms. The molecule has 0 radical (unpaired) electrons. The van der Waals surface area contributed by atoms with Crippen molar-refractivity contribution < 1.29 is 4.39 Å². The van der Waals surface area contributed by atoms with E-state index in [1.54, 1.807) is 12.1 Å². The Morgan fingerprint density at radius 3 is 2.79 bits per heavy atom. The summed E-state index contributed by atoms with van der Waals surface area (Å²) in [7, 11) is 1.91. The van der Waals surface area contributed by atoms with Crippen molar-refractivity contribution in [2.75, 3.05) is 12.8 Å². The van der Waals surface area contributed by atoms with Gasteiger partial charge in [0.15, 0.2) is 0 Å². The first-order valence-electron chi connectivity index (χ1n) is 6.17. The van der Waals surface area contributed by atoms with Gasteiger partial charge in [0.2, 0.25) is 0 Å². The number of benzene rings is 1. The summed E-state index contributed by atoms with van der Waals surface area (Å²) in [5, 5.41) is 3.25. The second-order valence-corrected chi connectivity index (χ2v) is 5.44. The summed E-state index contributed by atoms with van der Waals surface area (Å²) in [6.45, 7) is 2.02. The summed E-state index contributed by atoms with van der Waals surface area (Å²) in [6.07, 6.45) is 3.69. The lowest BCUT2D eigenvalue weighted by Crippen LogP contribution is -2.19. The molecule has 0 amide bonds. The van der Waals surface area contributed by atoms with E-state index in [2.05, 4.69) is 16.4 Å². The Balaban J connectivity index is 2.06. The number of hydrogen-bond acceptors (Lipinski definition) is 3. The fourth-order valence-corrected chi connectivity index (χ4v) is 2.94. The lowest BCUT2D eigenvalue weighted by atomic mass is 10.1. The topological polar surface area (TPSA) is 24.9 Å². The minimum absolute atomic E-state index is 0.162. The van der Waals surface area contributed by atoms with Gasteiger partial charge in [-0.15, -0.1) is 11.8 Å². The van der Waals surface area contributed by atoms with Crippen LogP contribution in [0.15, 0.2) is 47.6 Å². The summed E-state index contributed by atoms with van der Waals surface area (Å²) in [6, 6.07) is 9.13. The number of thioether (sulfide) groups is 1. The molecule has 0 aliphatic rings. The second-order valence-electron chi connectivity index (χ2n) is 4.38. The predicted octanol–water partition coefficient (Wildman–Crippen LogP) is 3.58. The zero-order chi connectivity index (χ0) is 13.7. The van der Waals surface area contributed by atoms with E-state index in [0.717, 1.165) is 16.9 Å². The highest BCUT2D eigenvalue weighted by molar-refractivity contribution is 7.99. The van der Waals surface area contributed by atoms with Gasteiger partial charge in [0.1, 0.15) is 5.82 Å². The Morgan fingerprint density at radius 1 is 1.32 bits per heavy atom. The zero-order valence-corrected chi connectivity index (χ0v) is 11.9. The van der Waals surface area contributed by atoms with Crippen molar-refractivity contribution in [2.45, 2.75) is 17.9 Å². The third kappa shape index (κ3) is 3.78. The van der Waals surface area contributed by atoms with Gasteiger partial charge in [-0.05, 0) is 37.2 Å². The maximum atomic E-state index is 13.6. The Morgan fingerprint density at radius 2 is 2.11 bits per heavy atom. The van der Waals surface area contributed by atoms with Gasteiger partial charge in [-0.25, -0.2) is 4.39 Å². The normalized spacial score (nSPS) is 12.4. The molecule has 0 aliphatic heterocycles. The van der Waals surface area contributed by atoms with Crippen LogP contribution in [0.2, 0.25) is 0 Å². The maximum absolute atomic E-state index is 13.6. The molecule has 2 rings (SSSR count). The fourth-order valence-electron chi connectivity index (χ4n) is 1.85. The van der Waals surface area contributed by atoms with E-state index in [4.69, 9.17) is 0 Å². The van der Waals surface area contributed by atoms with Crippen molar-refractivity contribution in [3.63, 3.8) is 0 Å². The van der Waals surface area contributed by atoms with Gasteiger partial charge in [-0.2, -0.15) is 0 Å². The number of nitrogens with one attached hydrogen (secondary N) is 1. The molecule has 0 spiro atoms. The van der Waals surface area contributed by atoms with E-state index >= 15 is 0 Å². The Labute approximate surface area is 117 Å². The number of rotatable bonds is 5. The van der Waals surface area contributed by atoms with Gasteiger partial charge in [-0.1, -0.05) is 18.2 Å². The Bertz CT molecular complexity index is 545. The van der Waals surface area contributed by atoms with E-state index in [0.29, 0.717) is 4.90 Å². The van der Waals surface area contributed by atoms with Crippen LogP contribution in [0, 0.1) is 12.7 Å². The summed E-state index contributed by atoms with van der Waals surface area (Å²) in [5.74, 6) is 0.604. The fraction of sp³-hybridized carbons (Fsp3) is 0.267. The number of aromatic nitrogens is 1. The Kier molecular flexibility index (Phi) is 4.93. The first-order valence-corrected chi connectivity index (χ1v) is 7.15. The lowest BCUT2D eigenvalue weighted by molar-refractivity contribution is 0.600. The molecule has 1 aromatic heterocycles. The van der Waals surface area contributed by atoms with Crippen molar-refractivity contribution in [3.05, 3.63) is 59.7 Å². The van der Waals surface area contributed by atoms with Crippen molar-refractivity contribution in [3.8, 4) is 0 Å². The summed E-state index contributed by atoms with van der Waals surface area (Å²) >= 11 is 1.52. The van der Waals surface area contributed by atoms with E-state index in [-0.39, 0.29) is 11.9 Å². The minimum atomic E-state index is -0.162. The minimum Gasteiger partial charge on any atom is -0.312 e. The van der Waals surface area contributed by atoms with Crippen LogP contribution >= 0.6 is 11.8 Å². The highest BCUT2D eigenvalue weighted by Gasteiger charge is 2.11. The highest BCUT2D eigenvalue weighted by Crippen LogP contribution is 2.26. The molecule has 0 aliphatic carbocycles. The van der Waals surface area contributed by atoms with Crippen LogP contribution in [0.1, 0.15) is 17.2 Å². The number of pyridine rings is 1. The van der Waals surface area contributed by atoms with Gasteiger partial charge in [0, 0.05) is 29.1 Å². The average Bonchev–Trinajstić information content (AvgIpc) is 2.41. The average molecular weight is 276 g/mol. The van der Waals surface area contributed by atoms with Crippen LogP contribution in [-0.4, -0.2) is 17.8 Å². The number of halogens is 1. The van der Waals surface area contributed by atoms with E-state index in [1.807, 2.05) is 32.4 Å². The summed E-state index contributed by atoms with van der Waals surface area (Å²) < 4.78 is 13.6. The number of aryl methyl sites for hydroxylation is 1. The lowest BCUT2D eigenvalue weighted by Gasteiger charge is -2.16. The van der Waals surface area contributed by atoms with E-state index < -0.39 is 0 Å². The van der Waals surface area contributed by atoms with Crippen LogP contribution in [-0.2, 0) is 0 Å².